The zero-order valence-corrected chi connectivity index (χ0v) is 23.6. The van der Waals surface area contributed by atoms with Gasteiger partial charge < -0.3 is 14.4 Å². The number of likely N-dealkylation sites (tertiary alicyclic amines) is 1. The molecule has 0 unspecified atom stereocenters. The van der Waals surface area contributed by atoms with E-state index in [0.717, 1.165) is 30.0 Å². The number of anilines is 1. The van der Waals surface area contributed by atoms with Crippen molar-refractivity contribution in [3.8, 4) is 0 Å². The first-order chi connectivity index (χ1) is 19.5. The summed E-state index contributed by atoms with van der Waals surface area (Å²) in [5.41, 5.74) is 3.88. The van der Waals surface area contributed by atoms with E-state index in [4.69, 9.17) is 0 Å². The van der Waals surface area contributed by atoms with Crippen molar-refractivity contribution < 1.29 is 4.79 Å². The van der Waals surface area contributed by atoms with Gasteiger partial charge in [0, 0.05) is 55.7 Å². The van der Waals surface area contributed by atoms with Gasteiger partial charge in [0.25, 0.3) is 5.56 Å². The molecule has 0 amide bonds. The summed E-state index contributed by atoms with van der Waals surface area (Å²) in [6, 6.07) is 12.3. The molecule has 0 atom stereocenters. The summed E-state index contributed by atoms with van der Waals surface area (Å²) in [5.74, 6) is 0.927. The van der Waals surface area contributed by atoms with E-state index in [1.807, 2.05) is 61.0 Å². The van der Waals surface area contributed by atoms with E-state index < -0.39 is 0 Å². The van der Waals surface area contributed by atoms with Crippen molar-refractivity contribution in [2.45, 2.75) is 65.1 Å². The predicted molar refractivity (Wildman–Crippen MR) is 158 cm³/mol. The number of carbonyl (C=O) groups is 1. The normalized spacial score (nSPS) is 17.0. The van der Waals surface area contributed by atoms with E-state index in [9.17, 15) is 9.59 Å². The lowest BCUT2D eigenvalue weighted by Crippen LogP contribution is -2.46. The maximum atomic E-state index is 13.2. The third kappa shape index (κ3) is 5.20. The molecular weight excluding hydrogens is 500 g/mol. The Labute approximate surface area is 235 Å². The van der Waals surface area contributed by atoms with Crippen molar-refractivity contribution in [3.05, 3.63) is 87.7 Å². The van der Waals surface area contributed by atoms with Gasteiger partial charge in [0.05, 0.1) is 11.7 Å². The number of aryl methyl sites for hydroxylation is 2. The molecule has 0 bridgehead atoms. The third-order valence-corrected chi connectivity index (χ3v) is 8.65. The van der Waals surface area contributed by atoms with E-state index in [1.54, 1.807) is 17.1 Å². The number of benzene rings is 1. The number of carbonyl (C=O) groups excluding carboxylic acids is 1. The lowest BCUT2D eigenvalue weighted by Gasteiger charge is -2.40. The summed E-state index contributed by atoms with van der Waals surface area (Å²) in [7, 11) is 0. The Hall–Kier alpha value is -3.78. The van der Waals surface area contributed by atoms with Crippen molar-refractivity contribution in [1.29, 1.82) is 0 Å². The molecule has 0 radical (unpaired) electrons. The Balaban J connectivity index is 1.09. The first-order valence-electron chi connectivity index (χ1n) is 14.7. The van der Waals surface area contributed by atoms with Gasteiger partial charge in [-0.05, 0) is 75.9 Å². The van der Waals surface area contributed by atoms with Crippen LogP contribution in [0.15, 0.2) is 59.9 Å². The van der Waals surface area contributed by atoms with E-state index in [0.29, 0.717) is 41.3 Å². The van der Waals surface area contributed by atoms with Crippen LogP contribution in [0, 0.1) is 6.92 Å². The van der Waals surface area contributed by atoms with Gasteiger partial charge >= 0.3 is 0 Å². The SMILES string of the molecule is CCn1cnc2c(c(C)cn2Cc2ccc(C(=O)c3ccc(N4CCC(N5CCCCC5)CC4)nc3)cc2)c1=O. The first kappa shape index (κ1) is 26.4. The molecule has 0 N–H and O–H groups in total. The molecule has 3 aromatic heterocycles. The van der Waals surface area contributed by atoms with Crippen LogP contribution in [0.4, 0.5) is 5.82 Å². The van der Waals surface area contributed by atoms with Crippen LogP contribution in [0.1, 0.15) is 66.1 Å². The molecule has 0 spiro atoms. The van der Waals surface area contributed by atoms with E-state index in [1.165, 1.54) is 45.2 Å². The van der Waals surface area contributed by atoms with Gasteiger partial charge in [-0.2, -0.15) is 0 Å². The summed E-state index contributed by atoms with van der Waals surface area (Å²) in [6.07, 6.45) is 11.7. The lowest BCUT2D eigenvalue weighted by molar-refractivity contribution is 0.103. The Morgan fingerprint density at radius 2 is 1.62 bits per heavy atom. The standard InChI is InChI=1S/C32H38N6O2/c1-3-35-22-34-31-29(32(35)40)23(2)20-38(31)21-24-7-9-25(10-8-24)30(39)26-11-12-28(33-19-26)37-17-13-27(14-18-37)36-15-5-4-6-16-36/h7-12,19-20,22,27H,3-6,13-18,21H2,1-2H3. The highest BCUT2D eigenvalue weighted by atomic mass is 16.1. The fourth-order valence-corrected chi connectivity index (χ4v) is 6.32. The molecule has 2 saturated heterocycles. The second-order valence-corrected chi connectivity index (χ2v) is 11.2. The molecule has 5 heterocycles. The minimum atomic E-state index is -0.0292. The highest BCUT2D eigenvalue weighted by Crippen LogP contribution is 2.24. The second-order valence-electron chi connectivity index (χ2n) is 11.2. The van der Waals surface area contributed by atoms with Gasteiger partial charge in [-0.25, -0.2) is 9.97 Å². The molecule has 6 rings (SSSR count). The molecule has 2 aliphatic rings. The largest absolute Gasteiger partial charge is 0.357 e. The van der Waals surface area contributed by atoms with Crippen molar-refractivity contribution in [2.24, 2.45) is 0 Å². The predicted octanol–water partition coefficient (Wildman–Crippen LogP) is 4.66. The number of rotatable bonds is 7. The van der Waals surface area contributed by atoms with E-state index >= 15 is 0 Å². The summed E-state index contributed by atoms with van der Waals surface area (Å²) in [5, 5.41) is 0.665. The molecule has 0 saturated carbocycles. The number of ketones is 1. The van der Waals surface area contributed by atoms with E-state index in [2.05, 4.69) is 19.8 Å². The van der Waals surface area contributed by atoms with Crippen LogP contribution in [-0.4, -0.2) is 62.0 Å². The number of nitrogens with zero attached hydrogens (tertiary/aromatic N) is 6. The van der Waals surface area contributed by atoms with Crippen LogP contribution in [0.5, 0.6) is 0 Å². The number of pyridine rings is 1. The molecule has 8 nitrogen and oxygen atoms in total. The molecule has 4 aromatic rings. The highest BCUT2D eigenvalue weighted by molar-refractivity contribution is 6.08. The summed E-state index contributed by atoms with van der Waals surface area (Å²) in [6.45, 7) is 9.59. The third-order valence-electron chi connectivity index (χ3n) is 8.65. The van der Waals surface area contributed by atoms with Crippen LogP contribution < -0.4 is 10.5 Å². The molecule has 1 aromatic carbocycles. The van der Waals surface area contributed by atoms with Crippen molar-refractivity contribution in [2.75, 3.05) is 31.1 Å². The van der Waals surface area contributed by atoms with Crippen molar-refractivity contribution >= 4 is 22.6 Å². The van der Waals surface area contributed by atoms with Gasteiger partial charge in [0.15, 0.2) is 5.78 Å². The Bertz CT molecular complexity index is 1540. The molecule has 208 valence electrons. The Morgan fingerprint density at radius 3 is 2.30 bits per heavy atom. The highest BCUT2D eigenvalue weighted by Gasteiger charge is 2.26. The number of hydrogen-bond acceptors (Lipinski definition) is 6. The first-order valence-corrected chi connectivity index (χ1v) is 14.7. The zero-order valence-electron chi connectivity index (χ0n) is 23.6. The molecule has 2 fully saturated rings. The monoisotopic (exact) mass is 538 g/mol. The number of piperidine rings is 2. The zero-order chi connectivity index (χ0) is 27.6. The van der Waals surface area contributed by atoms with Crippen molar-refractivity contribution in [1.82, 2.24) is 24.0 Å². The van der Waals surface area contributed by atoms with Crippen LogP contribution in [-0.2, 0) is 13.1 Å². The molecule has 8 heteroatoms. The lowest BCUT2D eigenvalue weighted by atomic mass is 10.00. The summed E-state index contributed by atoms with van der Waals surface area (Å²) < 4.78 is 3.63. The van der Waals surface area contributed by atoms with Crippen LogP contribution in [0.25, 0.3) is 11.0 Å². The fourth-order valence-electron chi connectivity index (χ4n) is 6.32. The Morgan fingerprint density at radius 1 is 0.900 bits per heavy atom. The smallest absolute Gasteiger partial charge is 0.263 e. The quantitative estimate of drug-likeness (QED) is 0.319. The van der Waals surface area contributed by atoms with Crippen LogP contribution >= 0.6 is 0 Å². The summed E-state index contributed by atoms with van der Waals surface area (Å²) >= 11 is 0. The fraction of sp³-hybridized carbons (Fsp3) is 0.438. The maximum Gasteiger partial charge on any atom is 0.263 e. The molecule has 0 aliphatic carbocycles. The number of fused-ring (bicyclic) bond motifs is 1. The number of aromatic nitrogens is 4. The van der Waals surface area contributed by atoms with Crippen LogP contribution in [0.3, 0.4) is 0 Å². The minimum Gasteiger partial charge on any atom is -0.357 e. The minimum absolute atomic E-state index is 0.00810. The van der Waals surface area contributed by atoms with Gasteiger partial charge in [0.1, 0.15) is 11.5 Å². The molecule has 40 heavy (non-hydrogen) atoms. The Kier molecular flexibility index (Phi) is 7.52. The number of hydrogen-bond donors (Lipinski definition) is 0. The van der Waals surface area contributed by atoms with Crippen molar-refractivity contribution in [3.63, 3.8) is 0 Å². The van der Waals surface area contributed by atoms with Gasteiger partial charge in [0.2, 0.25) is 0 Å². The summed E-state index contributed by atoms with van der Waals surface area (Å²) in [4.78, 5) is 40.2. The second kappa shape index (κ2) is 11.4. The van der Waals surface area contributed by atoms with E-state index in [-0.39, 0.29) is 11.3 Å². The van der Waals surface area contributed by atoms with Gasteiger partial charge in [-0.3, -0.25) is 14.2 Å². The average molecular weight is 539 g/mol. The van der Waals surface area contributed by atoms with Gasteiger partial charge in [-0.1, -0.05) is 30.7 Å². The molecular formula is C32H38N6O2. The van der Waals surface area contributed by atoms with Gasteiger partial charge in [-0.15, -0.1) is 0 Å². The maximum absolute atomic E-state index is 13.2. The topological polar surface area (TPSA) is 76.3 Å². The van der Waals surface area contributed by atoms with Crippen LogP contribution in [0.2, 0.25) is 0 Å². The average Bonchev–Trinajstić information content (AvgIpc) is 3.33. The molecule has 2 aliphatic heterocycles.